The van der Waals surface area contributed by atoms with Crippen molar-refractivity contribution in [1.29, 1.82) is 0 Å². The highest BCUT2D eigenvalue weighted by atomic mass is 19.1. The largest absolute Gasteiger partial charge is 0.358 e. The van der Waals surface area contributed by atoms with E-state index in [9.17, 15) is 9.18 Å². The molecule has 0 fully saturated rings. The zero-order valence-electron chi connectivity index (χ0n) is 16.0. The van der Waals surface area contributed by atoms with E-state index in [0.717, 1.165) is 39.2 Å². The van der Waals surface area contributed by atoms with Crippen LogP contribution >= 0.6 is 0 Å². The molecule has 0 saturated carbocycles. The van der Waals surface area contributed by atoms with Crippen molar-refractivity contribution in [3.63, 3.8) is 0 Å². The summed E-state index contributed by atoms with van der Waals surface area (Å²) >= 11 is 0. The van der Waals surface area contributed by atoms with Crippen molar-refractivity contribution in [2.45, 2.75) is 27.2 Å². The van der Waals surface area contributed by atoms with E-state index in [-0.39, 0.29) is 18.1 Å². The molecule has 4 rings (SSSR count). The first-order valence-electron chi connectivity index (χ1n) is 9.12. The van der Waals surface area contributed by atoms with Crippen LogP contribution in [0.2, 0.25) is 0 Å². The highest BCUT2D eigenvalue weighted by Crippen LogP contribution is 2.26. The highest BCUT2D eigenvalue weighted by molar-refractivity contribution is 5.97. The molecule has 2 aromatic carbocycles. The molecule has 0 atom stereocenters. The van der Waals surface area contributed by atoms with Gasteiger partial charge in [-0.1, -0.05) is 18.2 Å². The number of aryl methyl sites for hydroxylation is 2. The molecule has 5 nitrogen and oxygen atoms in total. The van der Waals surface area contributed by atoms with Crippen LogP contribution in [0.1, 0.15) is 22.6 Å². The number of halogens is 1. The van der Waals surface area contributed by atoms with Crippen molar-refractivity contribution < 1.29 is 9.18 Å². The number of carbonyl (C=O) groups is 1. The lowest BCUT2D eigenvalue weighted by molar-refractivity contribution is -0.115. The first-order valence-corrected chi connectivity index (χ1v) is 9.12. The van der Waals surface area contributed by atoms with Gasteiger partial charge in [-0.25, -0.2) is 9.07 Å². The molecule has 2 heterocycles. The number of aromatic nitrogens is 3. The third-order valence-electron chi connectivity index (χ3n) is 4.98. The summed E-state index contributed by atoms with van der Waals surface area (Å²) in [5.74, 6) is -0.476. The molecule has 142 valence electrons. The van der Waals surface area contributed by atoms with Crippen LogP contribution in [0.15, 0.2) is 48.5 Å². The SMILES string of the molecule is Cc1nn(-c2ccccc2)c(C)c1NC(=O)Cc1c(C)[nH]c2ccc(F)cc12. The molecule has 6 heteroatoms. The highest BCUT2D eigenvalue weighted by Gasteiger charge is 2.18. The minimum Gasteiger partial charge on any atom is -0.358 e. The summed E-state index contributed by atoms with van der Waals surface area (Å²) in [5.41, 5.74) is 5.74. The van der Waals surface area contributed by atoms with E-state index in [2.05, 4.69) is 15.4 Å². The fourth-order valence-corrected chi connectivity index (χ4v) is 3.57. The number of nitrogens with one attached hydrogen (secondary N) is 2. The molecule has 0 saturated heterocycles. The molecule has 0 bridgehead atoms. The zero-order chi connectivity index (χ0) is 19.8. The fraction of sp³-hybridized carbons (Fsp3) is 0.182. The number of nitrogens with zero attached hydrogens (tertiary/aromatic N) is 2. The molecule has 2 aromatic heterocycles. The number of hydrogen-bond donors (Lipinski definition) is 2. The molecule has 4 aromatic rings. The van der Waals surface area contributed by atoms with E-state index >= 15 is 0 Å². The van der Waals surface area contributed by atoms with Gasteiger partial charge in [-0.3, -0.25) is 4.79 Å². The van der Waals surface area contributed by atoms with Crippen LogP contribution in [0.5, 0.6) is 0 Å². The number of hydrogen-bond acceptors (Lipinski definition) is 2. The lowest BCUT2D eigenvalue weighted by atomic mass is 10.1. The van der Waals surface area contributed by atoms with Gasteiger partial charge in [-0.2, -0.15) is 5.10 Å². The van der Waals surface area contributed by atoms with Gasteiger partial charge < -0.3 is 10.3 Å². The van der Waals surface area contributed by atoms with Crippen LogP contribution in [0.25, 0.3) is 16.6 Å². The second-order valence-electron chi connectivity index (χ2n) is 6.94. The van der Waals surface area contributed by atoms with Gasteiger partial charge >= 0.3 is 0 Å². The summed E-state index contributed by atoms with van der Waals surface area (Å²) in [6.07, 6.45) is 0.157. The third kappa shape index (κ3) is 3.17. The number of H-pyrrole nitrogens is 1. The topological polar surface area (TPSA) is 62.7 Å². The van der Waals surface area contributed by atoms with E-state index in [4.69, 9.17) is 0 Å². The molecule has 2 N–H and O–H groups in total. The Morgan fingerprint density at radius 1 is 1.14 bits per heavy atom. The van der Waals surface area contributed by atoms with Crippen LogP contribution in [-0.4, -0.2) is 20.7 Å². The number of carbonyl (C=O) groups excluding carboxylic acids is 1. The van der Waals surface area contributed by atoms with Crippen molar-refractivity contribution in [3.05, 3.63) is 77.0 Å². The van der Waals surface area contributed by atoms with Gasteiger partial charge in [-0.15, -0.1) is 0 Å². The van der Waals surface area contributed by atoms with Crippen LogP contribution in [0, 0.1) is 26.6 Å². The Morgan fingerprint density at radius 3 is 2.64 bits per heavy atom. The summed E-state index contributed by atoms with van der Waals surface area (Å²) in [7, 11) is 0. The second kappa shape index (κ2) is 6.96. The Bertz CT molecular complexity index is 1170. The number of benzene rings is 2. The lowest BCUT2D eigenvalue weighted by Gasteiger charge is -2.07. The standard InChI is InChI=1S/C22H21FN4O/c1-13-18(19-11-16(23)9-10-20(19)24-13)12-21(28)25-22-14(2)26-27(15(22)3)17-7-5-4-6-8-17/h4-11,24H,12H2,1-3H3,(H,25,28). The van der Waals surface area contributed by atoms with Crippen molar-refractivity contribution >= 4 is 22.5 Å². The van der Waals surface area contributed by atoms with Crippen LogP contribution in [0.3, 0.4) is 0 Å². The Morgan fingerprint density at radius 2 is 1.89 bits per heavy atom. The molecule has 0 spiro atoms. The summed E-state index contributed by atoms with van der Waals surface area (Å²) in [6.45, 7) is 5.69. The van der Waals surface area contributed by atoms with Crippen LogP contribution in [0.4, 0.5) is 10.1 Å². The predicted octanol–water partition coefficient (Wildman–Crippen LogP) is 4.60. The average molecular weight is 376 g/mol. The summed E-state index contributed by atoms with van der Waals surface area (Å²) in [6, 6.07) is 14.3. The first kappa shape index (κ1) is 18.0. The quantitative estimate of drug-likeness (QED) is 0.547. The molecule has 0 aliphatic rings. The lowest BCUT2D eigenvalue weighted by Crippen LogP contribution is -2.16. The van der Waals surface area contributed by atoms with E-state index in [0.29, 0.717) is 5.69 Å². The van der Waals surface area contributed by atoms with Crippen molar-refractivity contribution in [3.8, 4) is 5.69 Å². The smallest absolute Gasteiger partial charge is 0.228 e. The number of anilines is 1. The Labute approximate surface area is 162 Å². The minimum absolute atomic E-state index is 0.157. The second-order valence-corrected chi connectivity index (χ2v) is 6.94. The van der Waals surface area contributed by atoms with E-state index in [1.54, 1.807) is 6.07 Å². The monoisotopic (exact) mass is 376 g/mol. The summed E-state index contributed by atoms with van der Waals surface area (Å²) in [5, 5.41) is 8.28. The third-order valence-corrected chi connectivity index (χ3v) is 4.98. The van der Waals surface area contributed by atoms with Gasteiger partial charge in [0.15, 0.2) is 0 Å². The van der Waals surface area contributed by atoms with Crippen molar-refractivity contribution in [2.75, 3.05) is 5.32 Å². The van der Waals surface area contributed by atoms with Crippen molar-refractivity contribution in [1.82, 2.24) is 14.8 Å². The Balaban J connectivity index is 1.61. The molecule has 0 unspecified atom stereocenters. The molecular formula is C22H21FN4O. The molecule has 0 aliphatic heterocycles. The number of amides is 1. The van der Waals surface area contributed by atoms with E-state index in [1.807, 2.05) is 55.8 Å². The van der Waals surface area contributed by atoms with Crippen LogP contribution < -0.4 is 5.32 Å². The van der Waals surface area contributed by atoms with E-state index in [1.165, 1.54) is 12.1 Å². The molecule has 0 aliphatic carbocycles. The average Bonchev–Trinajstić information content (AvgIpc) is 3.13. The minimum atomic E-state index is -0.316. The number of aromatic amines is 1. The normalized spacial score (nSPS) is 11.1. The van der Waals surface area contributed by atoms with Crippen LogP contribution in [-0.2, 0) is 11.2 Å². The maximum absolute atomic E-state index is 13.7. The van der Waals surface area contributed by atoms with E-state index < -0.39 is 0 Å². The fourth-order valence-electron chi connectivity index (χ4n) is 3.57. The summed E-state index contributed by atoms with van der Waals surface area (Å²) < 4.78 is 15.5. The van der Waals surface area contributed by atoms with Gasteiger partial charge in [0.2, 0.25) is 5.91 Å². The van der Waals surface area contributed by atoms with Gasteiger partial charge in [-0.05, 0) is 56.7 Å². The first-order chi connectivity index (χ1) is 13.4. The van der Waals surface area contributed by atoms with Crippen molar-refractivity contribution in [2.24, 2.45) is 0 Å². The number of para-hydroxylation sites is 1. The Hall–Kier alpha value is -3.41. The zero-order valence-corrected chi connectivity index (χ0v) is 16.0. The predicted molar refractivity (Wildman–Crippen MR) is 108 cm³/mol. The maximum Gasteiger partial charge on any atom is 0.228 e. The Kier molecular flexibility index (Phi) is 4.47. The van der Waals surface area contributed by atoms with Gasteiger partial charge in [0.05, 0.1) is 29.2 Å². The summed E-state index contributed by atoms with van der Waals surface area (Å²) in [4.78, 5) is 16.0. The van der Waals surface area contributed by atoms with Gasteiger partial charge in [0.1, 0.15) is 5.82 Å². The molecular weight excluding hydrogens is 355 g/mol. The van der Waals surface area contributed by atoms with Gasteiger partial charge in [0.25, 0.3) is 0 Å². The number of fused-ring (bicyclic) bond motifs is 1. The molecule has 1 amide bonds. The number of rotatable bonds is 4. The molecule has 0 radical (unpaired) electrons. The maximum atomic E-state index is 13.7. The molecule has 28 heavy (non-hydrogen) atoms. The van der Waals surface area contributed by atoms with Gasteiger partial charge in [0, 0.05) is 16.6 Å².